The number of carbonyl (C=O) groups excluding carboxylic acids is 1. The second-order valence-electron chi connectivity index (χ2n) is 6.93. The van der Waals surface area contributed by atoms with Crippen molar-refractivity contribution in [3.05, 3.63) is 101 Å². The van der Waals surface area contributed by atoms with Crippen LogP contribution in [0.25, 0.3) is 0 Å². The minimum absolute atomic E-state index is 0.0313. The zero-order valence-corrected chi connectivity index (χ0v) is 16.1. The van der Waals surface area contributed by atoms with Crippen molar-refractivity contribution in [3.8, 4) is 0 Å². The molecule has 3 nitrogen and oxygen atoms in total. The van der Waals surface area contributed by atoms with Gasteiger partial charge in [0.15, 0.2) is 0 Å². The smallest absolute Gasteiger partial charge is 0.238 e. The first-order valence-electron chi connectivity index (χ1n) is 9.25. The van der Waals surface area contributed by atoms with Gasteiger partial charge >= 0.3 is 0 Å². The Kier molecular flexibility index (Phi) is 6.05. The molecule has 0 saturated heterocycles. The zero-order chi connectivity index (χ0) is 19.2. The molecule has 3 aromatic carbocycles. The highest BCUT2D eigenvalue weighted by molar-refractivity contribution is 5.93. The Bertz CT molecular complexity index is 901. The van der Waals surface area contributed by atoms with Crippen LogP contribution in [0.3, 0.4) is 0 Å². The van der Waals surface area contributed by atoms with Crippen LogP contribution >= 0.6 is 0 Å². The second-order valence-corrected chi connectivity index (χ2v) is 6.93. The van der Waals surface area contributed by atoms with Crippen LogP contribution in [0.5, 0.6) is 0 Å². The van der Waals surface area contributed by atoms with E-state index >= 15 is 0 Å². The summed E-state index contributed by atoms with van der Waals surface area (Å²) in [5, 5.41) is 6.43. The van der Waals surface area contributed by atoms with Crippen molar-refractivity contribution in [2.45, 2.75) is 26.8 Å². The Balaban J connectivity index is 1.74. The van der Waals surface area contributed by atoms with E-state index < -0.39 is 0 Å². The lowest BCUT2D eigenvalue weighted by Gasteiger charge is -2.20. The normalized spacial score (nSPS) is 11.8. The summed E-state index contributed by atoms with van der Waals surface area (Å²) < 4.78 is 0. The fourth-order valence-corrected chi connectivity index (χ4v) is 3.11. The maximum atomic E-state index is 12.5. The molecular formula is C24H26N2O. The molecule has 1 amide bonds. The maximum Gasteiger partial charge on any atom is 0.238 e. The van der Waals surface area contributed by atoms with E-state index in [1.165, 1.54) is 11.1 Å². The topological polar surface area (TPSA) is 41.1 Å². The molecule has 1 atom stereocenters. The van der Waals surface area contributed by atoms with Gasteiger partial charge in [0, 0.05) is 5.69 Å². The van der Waals surface area contributed by atoms with Gasteiger partial charge < -0.3 is 5.32 Å². The zero-order valence-electron chi connectivity index (χ0n) is 16.1. The highest BCUT2D eigenvalue weighted by Gasteiger charge is 2.15. The van der Waals surface area contributed by atoms with E-state index in [2.05, 4.69) is 54.0 Å². The molecule has 0 saturated carbocycles. The summed E-state index contributed by atoms with van der Waals surface area (Å²) in [6, 6.07) is 24.6. The Hall–Kier alpha value is -2.91. The molecule has 2 N–H and O–H groups in total. The summed E-state index contributed by atoms with van der Waals surface area (Å²) in [5.74, 6) is -0.0447. The van der Waals surface area contributed by atoms with Gasteiger partial charge in [0.2, 0.25) is 5.91 Å². The molecule has 3 rings (SSSR count). The van der Waals surface area contributed by atoms with Crippen molar-refractivity contribution >= 4 is 11.6 Å². The first kappa shape index (κ1) is 18.9. The van der Waals surface area contributed by atoms with Gasteiger partial charge in [0.05, 0.1) is 12.6 Å². The number of carbonyl (C=O) groups is 1. The number of nitrogens with one attached hydrogen (secondary N) is 2. The molecule has 3 aromatic rings. The molecule has 0 aliphatic rings. The lowest BCUT2D eigenvalue weighted by atomic mass is 9.98. The summed E-state index contributed by atoms with van der Waals surface area (Å²) >= 11 is 0. The van der Waals surface area contributed by atoms with E-state index in [9.17, 15) is 4.79 Å². The molecule has 0 aliphatic heterocycles. The standard InChI is InChI=1S/C24H26N2O/c1-17-12-14-21(15-13-17)24(20-9-5-4-6-10-20)25-16-23(27)26-22-11-7-8-18(2)19(22)3/h4-15,24-25H,16H2,1-3H3,(H,26,27)/t24-/m1/s1. The van der Waals surface area contributed by atoms with Crippen LogP contribution in [-0.2, 0) is 4.79 Å². The maximum absolute atomic E-state index is 12.5. The Labute approximate surface area is 161 Å². The SMILES string of the molecule is Cc1ccc([C@H](NCC(=O)Nc2cccc(C)c2C)c2ccccc2)cc1. The average Bonchev–Trinajstić information content (AvgIpc) is 2.68. The first-order valence-corrected chi connectivity index (χ1v) is 9.25. The van der Waals surface area contributed by atoms with Gasteiger partial charge in [-0.1, -0.05) is 72.3 Å². The van der Waals surface area contributed by atoms with Gasteiger partial charge in [-0.3, -0.25) is 10.1 Å². The lowest BCUT2D eigenvalue weighted by Crippen LogP contribution is -2.32. The number of rotatable bonds is 6. The number of hydrogen-bond acceptors (Lipinski definition) is 2. The molecule has 0 bridgehead atoms. The molecule has 3 heteroatoms. The highest BCUT2D eigenvalue weighted by atomic mass is 16.1. The fourth-order valence-electron chi connectivity index (χ4n) is 3.11. The van der Waals surface area contributed by atoms with Crippen molar-refractivity contribution in [1.82, 2.24) is 5.32 Å². The number of anilines is 1. The lowest BCUT2D eigenvalue weighted by molar-refractivity contribution is -0.115. The largest absolute Gasteiger partial charge is 0.325 e. The quantitative estimate of drug-likeness (QED) is 0.656. The van der Waals surface area contributed by atoms with Crippen LogP contribution in [-0.4, -0.2) is 12.5 Å². The van der Waals surface area contributed by atoms with Gasteiger partial charge in [-0.05, 0) is 49.1 Å². The number of amides is 1. The number of hydrogen-bond donors (Lipinski definition) is 2. The molecular weight excluding hydrogens is 332 g/mol. The molecule has 0 fully saturated rings. The predicted molar refractivity (Wildman–Crippen MR) is 112 cm³/mol. The fraction of sp³-hybridized carbons (Fsp3) is 0.208. The van der Waals surface area contributed by atoms with Gasteiger partial charge in [0.1, 0.15) is 0 Å². The van der Waals surface area contributed by atoms with E-state index in [-0.39, 0.29) is 18.5 Å². The second kappa shape index (κ2) is 8.65. The molecule has 0 aromatic heterocycles. The third kappa shape index (κ3) is 4.83. The summed E-state index contributed by atoms with van der Waals surface area (Å²) in [5.41, 5.74) is 6.64. The molecule has 0 heterocycles. The Morgan fingerprint density at radius 3 is 2.19 bits per heavy atom. The van der Waals surface area contributed by atoms with Gasteiger partial charge in [-0.25, -0.2) is 0 Å². The summed E-state index contributed by atoms with van der Waals surface area (Å²) in [4.78, 5) is 12.5. The minimum Gasteiger partial charge on any atom is -0.325 e. The summed E-state index contributed by atoms with van der Waals surface area (Å²) in [6.07, 6.45) is 0. The third-order valence-corrected chi connectivity index (χ3v) is 4.89. The van der Waals surface area contributed by atoms with Crippen molar-refractivity contribution in [2.24, 2.45) is 0 Å². The van der Waals surface area contributed by atoms with E-state index in [1.54, 1.807) is 0 Å². The molecule has 0 radical (unpaired) electrons. The molecule has 0 unspecified atom stereocenters. The van der Waals surface area contributed by atoms with E-state index in [0.717, 1.165) is 22.4 Å². The van der Waals surface area contributed by atoms with Gasteiger partial charge in [-0.2, -0.15) is 0 Å². The molecule has 0 spiro atoms. The van der Waals surface area contributed by atoms with Crippen molar-refractivity contribution in [1.29, 1.82) is 0 Å². The van der Waals surface area contributed by atoms with Crippen molar-refractivity contribution in [2.75, 3.05) is 11.9 Å². The summed E-state index contributed by atoms with van der Waals surface area (Å²) in [6.45, 7) is 6.39. The van der Waals surface area contributed by atoms with Crippen LogP contribution in [0.15, 0.2) is 72.8 Å². The van der Waals surface area contributed by atoms with Crippen LogP contribution in [0.4, 0.5) is 5.69 Å². The molecule has 138 valence electrons. The first-order chi connectivity index (χ1) is 13.0. The van der Waals surface area contributed by atoms with E-state index in [0.29, 0.717) is 0 Å². The molecule has 27 heavy (non-hydrogen) atoms. The van der Waals surface area contributed by atoms with Crippen molar-refractivity contribution in [3.63, 3.8) is 0 Å². The van der Waals surface area contributed by atoms with Gasteiger partial charge in [0.25, 0.3) is 0 Å². The van der Waals surface area contributed by atoms with Crippen LogP contribution in [0, 0.1) is 20.8 Å². The van der Waals surface area contributed by atoms with Crippen LogP contribution < -0.4 is 10.6 Å². The monoisotopic (exact) mass is 358 g/mol. The van der Waals surface area contributed by atoms with E-state index in [1.807, 2.05) is 50.2 Å². The Morgan fingerprint density at radius 2 is 1.48 bits per heavy atom. The predicted octanol–water partition coefficient (Wildman–Crippen LogP) is 4.93. The van der Waals surface area contributed by atoms with E-state index in [4.69, 9.17) is 0 Å². The third-order valence-electron chi connectivity index (χ3n) is 4.89. The van der Waals surface area contributed by atoms with Crippen molar-refractivity contribution < 1.29 is 4.79 Å². The van der Waals surface area contributed by atoms with Crippen LogP contribution in [0.1, 0.15) is 33.9 Å². The average molecular weight is 358 g/mol. The summed E-state index contributed by atoms with van der Waals surface area (Å²) in [7, 11) is 0. The minimum atomic E-state index is -0.0447. The van der Waals surface area contributed by atoms with Gasteiger partial charge in [-0.15, -0.1) is 0 Å². The van der Waals surface area contributed by atoms with Crippen LogP contribution in [0.2, 0.25) is 0 Å². The highest BCUT2D eigenvalue weighted by Crippen LogP contribution is 2.22. The molecule has 0 aliphatic carbocycles. The number of benzene rings is 3. The Morgan fingerprint density at radius 1 is 0.815 bits per heavy atom. The number of aryl methyl sites for hydroxylation is 2.